The fraction of sp³-hybridized carbons (Fsp3) is 0.500. The molecule has 3 rings (SSSR count). The number of nitrogens with two attached hydrogens (primary N) is 1. The van der Waals surface area contributed by atoms with E-state index >= 15 is 0 Å². The second kappa shape index (κ2) is 8.50. The molecular weight excluding hydrogens is 418 g/mol. The van der Waals surface area contributed by atoms with Gasteiger partial charge in [0, 0.05) is 11.3 Å². The number of halogens is 1. The summed E-state index contributed by atoms with van der Waals surface area (Å²) in [6.45, 7) is 4.12. The largest absolute Gasteiger partial charge is 0.408 e. The minimum absolute atomic E-state index is 0.00365. The molecule has 0 saturated carbocycles. The first-order chi connectivity index (χ1) is 13.7. The molecule has 0 unspecified atom stereocenters. The van der Waals surface area contributed by atoms with E-state index in [2.05, 4.69) is 17.3 Å². The summed E-state index contributed by atoms with van der Waals surface area (Å²) >= 11 is 7.34. The van der Waals surface area contributed by atoms with Gasteiger partial charge < -0.3 is 21.2 Å². The van der Waals surface area contributed by atoms with Crippen LogP contribution >= 0.6 is 22.9 Å². The van der Waals surface area contributed by atoms with E-state index < -0.39 is 16.6 Å². The molecule has 0 saturated heterocycles. The number of rotatable bonds is 7. The summed E-state index contributed by atoms with van der Waals surface area (Å²) in [5.41, 5.74) is 7.44. The van der Waals surface area contributed by atoms with Crippen LogP contribution < -0.4 is 11.1 Å². The summed E-state index contributed by atoms with van der Waals surface area (Å²) in [7, 11) is 0. The van der Waals surface area contributed by atoms with Crippen LogP contribution in [0.1, 0.15) is 52.7 Å². The molecule has 9 nitrogen and oxygen atoms in total. The number of fused-ring (bicyclic) bond motifs is 1. The van der Waals surface area contributed by atoms with Crippen LogP contribution in [0, 0.1) is 23.0 Å². The Kier molecular flexibility index (Phi) is 6.23. The highest BCUT2D eigenvalue weighted by Gasteiger charge is 2.27. The maximum absolute atomic E-state index is 12.4. The SMILES string of the molecule is Cc1c(Cl)c([N+](=O)[O-])nn1CCCC(=O)Nc1sc2c(c1C(N)=O)CC[C@@H](C)C2. The van der Waals surface area contributed by atoms with Gasteiger partial charge in [-0.05, 0) is 49.0 Å². The standard InChI is InChI=1S/C18H22ClN5O4S/c1-9-5-6-11-12(8-9)29-18(14(11)16(20)26)21-13(25)4-3-7-23-10(2)15(19)17(22-23)24(27)28/h9H,3-8H2,1-2H3,(H2,20,26)(H,21,25)/t9-/m1/s1. The molecule has 2 heterocycles. The van der Waals surface area contributed by atoms with Gasteiger partial charge in [-0.1, -0.05) is 18.5 Å². The third-order valence-electron chi connectivity index (χ3n) is 5.07. The van der Waals surface area contributed by atoms with Crippen molar-refractivity contribution in [3.63, 3.8) is 0 Å². The van der Waals surface area contributed by atoms with Crippen molar-refractivity contribution in [2.24, 2.45) is 11.7 Å². The third-order valence-corrected chi connectivity index (χ3v) is 6.69. The molecular formula is C18H22ClN5O4S. The Morgan fingerprint density at radius 1 is 1.48 bits per heavy atom. The predicted molar refractivity (Wildman–Crippen MR) is 111 cm³/mol. The molecule has 11 heteroatoms. The van der Waals surface area contributed by atoms with Gasteiger partial charge in [0.25, 0.3) is 5.91 Å². The summed E-state index contributed by atoms with van der Waals surface area (Å²) in [5.74, 6) is -0.622. The van der Waals surface area contributed by atoms with E-state index in [1.54, 1.807) is 6.92 Å². The highest BCUT2D eigenvalue weighted by Crippen LogP contribution is 2.39. The lowest BCUT2D eigenvalue weighted by molar-refractivity contribution is -0.389. The fourth-order valence-corrected chi connectivity index (χ4v) is 5.16. The maximum Gasteiger partial charge on any atom is 0.408 e. The van der Waals surface area contributed by atoms with Gasteiger partial charge in [-0.2, -0.15) is 4.68 Å². The van der Waals surface area contributed by atoms with Gasteiger partial charge in [-0.3, -0.25) is 9.59 Å². The van der Waals surface area contributed by atoms with Crippen molar-refractivity contribution in [1.82, 2.24) is 9.78 Å². The lowest BCUT2D eigenvalue weighted by Crippen LogP contribution is -2.19. The van der Waals surface area contributed by atoms with Crippen molar-refractivity contribution in [2.75, 3.05) is 5.32 Å². The van der Waals surface area contributed by atoms with Crippen LogP contribution in [-0.2, 0) is 24.2 Å². The number of carbonyl (C=O) groups excluding carboxylic acids is 2. The molecule has 3 N–H and O–H groups in total. The quantitative estimate of drug-likeness (QED) is 0.503. The molecule has 2 aromatic heterocycles. The number of aryl methyl sites for hydroxylation is 1. The summed E-state index contributed by atoms with van der Waals surface area (Å²) in [6.07, 6.45) is 3.25. The van der Waals surface area contributed by atoms with Gasteiger partial charge in [0.2, 0.25) is 5.91 Å². The molecule has 156 valence electrons. The number of aromatic nitrogens is 2. The van der Waals surface area contributed by atoms with Gasteiger partial charge in [-0.25, -0.2) is 0 Å². The number of hydrogen-bond acceptors (Lipinski definition) is 6. The Hall–Kier alpha value is -2.46. The zero-order chi connectivity index (χ0) is 21.3. The third kappa shape index (κ3) is 4.43. The topological polar surface area (TPSA) is 133 Å². The lowest BCUT2D eigenvalue weighted by atomic mass is 9.88. The van der Waals surface area contributed by atoms with Crippen LogP contribution in [0.15, 0.2) is 0 Å². The van der Waals surface area contributed by atoms with Crippen LogP contribution in [0.3, 0.4) is 0 Å². The van der Waals surface area contributed by atoms with Gasteiger partial charge >= 0.3 is 5.82 Å². The predicted octanol–water partition coefficient (Wildman–Crippen LogP) is 3.46. The molecule has 0 radical (unpaired) electrons. The second-order valence-corrected chi connectivity index (χ2v) is 8.76. The average molecular weight is 440 g/mol. The van der Waals surface area contributed by atoms with E-state index in [0.717, 1.165) is 29.7 Å². The lowest BCUT2D eigenvalue weighted by Gasteiger charge is -2.18. The van der Waals surface area contributed by atoms with Crippen LogP contribution in [0.25, 0.3) is 0 Å². The molecule has 2 aromatic rings. The number of thiophene rings is 1. The summed E-state index contributed by atoms with van der Waals surface area (Å²) in [4.78, 5) is 35.7. The Labute approximate surface area is 176 Å². The zero-order valence-corrected chi connectivity index (χ0v) is 17.7. The van der Waals surface area contributed by atoms with Crippen LogP contribution in [0.2, 0.25) is 5.02 Å². The van der Waals surface area contributed by atoms with Crippen molar-refractivity contribution in [1.29, 1.82) is 0 Å². The Bertz CT molecular complexity index is 984. The fourth-order valence-electron chi connectivity index (χ4n) is 3.52. The highest BCUT2D eigenvalue weighted by molar-refractivity contribution is 7.17. The smallest absolute Gasteiger partial charge is 0.365 e. The molecule has 0 aliphatic heterocycles. The maximum atomic E-state index is 12.4. The molecule has 0 fully saturated rings. The average Bonchev–Trinajstić information content (AvgIpc) is 3.13. The number of carbonyl (C=O) groups is 2. The van der Waals surface area contributed by atoms with E-state index in [-0.39, 0.29) is 17.4 Å². The molecule has 0 bridgehead atoms. The minimum Gasteiger partial charge on any atom is -0.365 e. The highest BCUT2D eigenvalue weighted by atomic mass is 35.5. The number of primary amides is 1. The van der Waals surface area contributed by atoms with Gasteiger partial charge in [-0.15, -0.1) is 11.3 Å². The Morgan fingerprint density at radius 2 is 2.21 bits per heavy atom. The van der Waals surface area contributed by atoms with E-state index in [9.17, 15) is 19.7 Å². The molecule has 1 atom stereocenters. The van der Waals surface area contributed by atoms with Crippen LogP contribution in [-0.4, -0.2) is 26.5 Å². The van der Waals surface area contributed by atoms with Crippen molar-refractivity contribution < 1.29 is 14.5 Å². The number of nitrogens with one attached hydrogen (secondary N) is 1. The first kappa shape index (κ1) is 21.3. The van der Waals surface area contributed by atoms with Crippen molar-refractivity contribution in [3.05, 3.63) is 36.8 Å². The molecule has 2 amide bonds. The summed E-state index contributed by atoms with van der Waals surface area (Å²) < 4.78 is 1.42. The van der Waals surface area contributed by atoms with Gasteiger partial charge in [0.05, 0.1) is 22.9 Å². The minimum atomic E-state index is -0.636. The van der Waals surface area contributed by atoms with Gasteiger partial charge in [0.15, 0.2) is 5.02 Å². The van der Waals surface area contributed by atoms with Crippen LogP contribution in [0.4, 0.5) is 10.8 Å². The van der Waals surface area contributed by atoms with Crippen molar-refractivity contribution in [3.8, 4) is 0 Å². The van der Waals surface area contributed by atoms with Crippen LogP contribution in [0.5, 0.6) is 0 Å². The van der Waals surface area contributed by atoms with Crippen molar-refractivity contribution >= 4 is 45.6 Å². The monoisotopic (exact) mass is 439 g/mol. The first-order valence-corrected chi connectivity index (χ1v) is 10.5. The van der Waals surface area contributed by atoms with Crippen molar-refractivity contribution in [2.45, 2.75) is 52.5 Å². The number of hydrogen-bond donors (Lipinski definition) is 2. The first-order valence-electron chi connectivity index (χ1n) is 9.30. The Morgan fingerprint density at radius 3 is 2.83 bits per heavy atom. The number of amides is 2. The van der Waals surface area contributed by atoms with Gasteiger partial charge in [0.1, 0.15) is 5.00 Å². The van der Waals surface area contributed by atoms with E-state index in [4.69, 9.17) is 17.3 Å². The number of nitro groups is 1. The normalized spacial score (nSPS) is 15.8. The number of nitrogens with zero attached hydrogens (tertiary/aromatic N) is 3. The summed E-state index contributed by atoms with van der Waals surface area (Å²) in [5, 5.41) is 18.1. The summed E-state index contributed by atoms with van der Waals surface area (Å²) in [6, 6.07) is 0. The van der Waals surface area contributed by atoms with E-state index in [1.807, 2.05) is 0 Å². The molecule has 29 heavy (non-hydrogen) atoms. The Balaban J connectivity index is 1.64. The van der Waals surface area contributed by atoms with E-state index in [1.165, 1.54) is 16.0 Å². The van der Waals surface area contributed by atoms with E-state index in [0.29, 0.717) is 35.1 Å². The molecule has 0 aromatic carbocycles. The number of anilines is 1. The zero-order valence-electron chi connectivity index (χ0n) is 16.2. The molecule has 1 aliphatic rings. The molecule has 1 aliphatic carbocycles. The molecule has 0 spiro atoms. The second-order valence-electron chi connectivity index (χ2n) is 7.28.